The lowest BCUT2D eigenvalue weighted by molar-refractivity contribution is -0.115. The lowest BCUT2D eigenvalue weighted by atomic mass is 10.1. The number of hydrogen-bond acceptors (Lipinski definition) is 4. The number of amides is 2. The van der Waals surface area contributed by atoms with Crippen LogP contribution in [0.25, 0.3) is 0 Å². The van der Waals surface area contributed by atoms with Gasteiger partial charge in [-0.15, -0.1) is 0 Å². The molecule has 0 unspecified atom stereocenters. The van der Waals surface area contributed by atoms with Crippen LogP contribution in [0.15, 0.2) is 30.3 Å². The number of methoxy groups -OCH3 is 2. The molecule has 6 nitrogen and oxygen atoms in total. The number of carbonyl (C=O) groups is 2. The second kappa shape index (κ2) is 8.78. The Morgan fingerprint density at radius 2 is 1.65 bits per heavy atom. The first-order valence-electron chi connectivity index (χ1n) is 7.61. The van der Waals surface area contributed by atoms with Gasteiger partial charge in [-0.25, -0.2) is 0 Å². The topological polar surface area (TPSA) is 76.7 Å². The van der Waals surface area contributed by atoms with Crippen LogP contribution < -0.4 is 20.1 Å². The van der Waals surface area contributed by atoms with Crippen LogP contribution in [0.1, 0.15) is 15.9 Å². The zero-order chi connectivity index (χ0) is 19.3. The maximum absolute atomic E-state index is 12.1. The van der Waals surface area contributed by atoms with Crippen LogP contribution in [0.4, 0.5) is 5.69 Å². The van der Waals surface area contributed by atoms with Crippen LogP contribution in [0.2, 0.25) is 10.0 Å². The summed E-state index contributed by atoms with van der Waals surface area (Å²) in [6.07, 6.45) is 0. The van der Waals surface area contributed by atoms with Crippen molar-refractivity contribution in [2.24, 2.45) is 0 Å². The molecule has 2 amide bonds. The maximum Gasteiger partial charge on any atom is 0.251 e. The van der Waals surface area contributed by atoms with Crippen LogP contribution in [0.5, 0.6) is 11.5 Å². The maximum atomic E-state index is 12.1. The summed E-state index contributed by atoms with van der Waals surface area (Å²) in [5, 5.41) is 5.87. The van der Waals surface area contributed by atoms with E-state index in [9.17, 15) is 9.59 Å². The van der Waals surface area contributed by atoms with Gasteiger partial charge in [0.25, 0.3) is 5.91 Å². The fourth-order valence-corrected chi connectivity index (χ4v) is 2.51. The van der Waals surface area contributed by atoms with Gasteiger partial charge in [-0.3, -0.25) is 9.59 Å². The van der Waals surface area contributed by atoms with Crippen LogP contribution in [-0.2, 0) is 4.79 Å². The Morgan fingerprint density at radius 1 is 1.00 bits per heavy atom. The number of anilines is 1. The Kier molecular flexibility index (Phi) is 6.71. The van der Waals surface area contributed by atoms with Crippen molar-refractivity contribution in [3.63, 3.8) is 0 Å². The van der Waals surface area contributed by atoms with Gasteiger partial charge in [0, 0.05) is 17.3 Å². The summed E-state index contributed by atoms with van der Waals surface area (Å²) in [5.74, 6) is 0.251. The highest BCUT2D eigenvalue weighted by Crippen LogP contribution is 2.32. The summed E-state index contributed by atoms with van der Waals surface area (Å²) in [6, 6.07) is 7.90. The van der Waals surface area contributed by atoms with Gasteiger partial charge in [0.1, 0.15) is 0 Å². The molecule has 0 spiro atoms. The van der Waals surface area contributed by atoms with E-state index in [4.69, 9.17) is 32.7 Å². The molecule has 0 fully saturated rings. The summed E-state index contributed by atoms with van der Waals surface area (Å²) in [6.45, 7) is 1.62. The highest BCUT2D eigenvalue weighted by atomic mass is 35.5. The molecular formula is C18H18Cl2N2O4. The van der Waals surface area contributed by atoms with Gasteiger partial charge in [0.05, 0.1) is 30.8 Å². The van der Waals surface area contributed by atoms with Crippen molar-refractivity contribution in [1.82, 2.24) is 5.32 Å². The number of benzene rings is 2. The summed E-state index contributed by atoms with van der Waals surface area (Å²) in [7, 11) is 3.05. The largest absolute Gasteiger partial charge is 0.493 e. The minimum absolute atomic E-state index is 0.202. The Hall–Kier alpha value is -2.44. The first-order chi connectivity index (χ1) is 12.3. The molecule has 2 rings (SSSR count). The SMILES string of the molecule is COc1cc(C)c(NC(=O)CNC(=O)c2ccc(Cl)c(Cl)c2)cc1OC. The summed E-state index contributed by atoms with van der Waals surface area (Å²) in [5.41, 5.74) is 1.68. The van der Waals surface area contributed by atoms with Gasteiger partial charge in [-0.2, -0.15) is 0 Å². The van der Waals surface area contributed by atoms with E-state index in [1.165, 1.54) is 32.4 Å². The lowest BCUT2D eigenvalue weighted by Crippen LogP contribution is -2.33. The quantitative estimate of drug-likeness (QED) is 0.780. The first-order valence-corrected chi connectivity index (χ1v) is 8.37. The zero-order valence-corrected chi connectivity index (χ0v) is 16.0. The van der Waals surface area contributed by atoms with E-state index in [1.54, 1.807) is 12.1 Å². The number of nitrogens with one attached hydrogen (secondary N) is 2. The number of aryl methyl sites for hydroxylation is 1. The number of halogens is 2. The molecule has 2 N–H and O–H groups in total. The van der Waals surface area contributed by atoms with Crippen LogP contribution in [0.3, 0.4) is 0 Å². The van der Waals surface area contributed by atoms with Gasteiger partial charge in [0.2, 0.25) is 5.91 Å². The van der Waals surface area contributed by atoms with Crippen molar-refractivity contribution in [3.05, 3.63) is 51.5 Å². The summed E-state index contributed by atoms with van der Waals surface area (Å²) in [4.78, 5) is 24.2. The molecule has 0 saturated heterocycles. The van der Waals surface area contributed by atoms with Crippen molar-refractivity contribution in [2.75, 3.05) is 26.1 Å². The molecule has 2 aromatic rings. The minimum Gasteiger partial charge on any atom is -0.493 e. The molecule has 0 saturated carbocycles. The van der Waals surface area contributed by atoms with Crippen molar-refractivity contribution in [1.29, 1.82) is 0 Å². The monoisotopic (exact) mass is 396 g/mol. The number of ether oxygens (including phenoxy) is 2. The van der Waals surface area contributed by atoms with Gasteiger partial charge < -0.3 is 20.1 Å². The second-order valence-electron chi connectivity index (χ2n) is 5.38. The standard InChI is InChI=1S/C18H18Cl2N2O4/c1-10-6-15(25-2)16(26-3)8-14(10)22-17(23)9-21-18(24)11-4-5-12(19)13(20)7-11/h4-8H,9H2,1-3H3,(H,21,24)(H,22,23). The molecule has 0 atom stereocenters. The molecule has 8 heteroatoms. The molecule has 2 aromatic carbocycles. The highest BCUT2D eigenvalue weighted by molar-refractivity contribution is 6.42. The van der Waals surface area contributed by atoms with Crippen molar-refractivity contribution < 1.29 is 19.1 Å². The van der Waals surface area contributed by atoms with Crippen LogP contribution >= 0.6 is 23.2 Å². The van der Waals surface area contributed by atoms with Crippen molar-refractivity contribution >= 4 is 40.7 Å². The van der Waals surface area contributed by atoms with E-state index in [0.29, 0.717) is 27.8 Å². The average molecular weight is 397 g/mol. The normalized spacial score (nSPS) is 10.2. The van der Waals surface area contributed by atoms with E-state index < -0.39 is 5.91 Å². The van der Waals surface area contributed by atoms with Crippen LogP contribution in [-0.4, -0.2) is 32.6 Å². The third kappa shape index (κ3) is 4.80. The van der Waals surface area contributed by atoms with Gasteiger partial charge >= 0.3 is 0 Å². The second-order valence-corrected chi connectivity index (χ2v) is 6.20. The smallest absolute Gasteiger partial charge is 0.251 e. The molecule has 26 heavy (non-hydrogen) atoms. The average Bonchev–Trinajstić information content (AvgIpc) is 2.63. The number of hydrogen-bond donors (Lipinski definition) is 2. The first kappa shape index (κ1) is 19.9. The van der Waals surface area contributed by atoms with Gasteiger partial charge in [0.15, 0.2) is 11.5 Å². The van der Waals surface area contributed by atoms with Crippen molar-refractivity contribution in [3.8, 4) is 11.5 Å². The predicted molar refractivity (Wildman–Crippen MR) is 102 cm³/mol. The molecule has 0 aliphatic carbocycles. The van der Waals surface area contributed by atoms with E-state index >= 15 is 0 Å². The van der Waals surface area contributed by atoms with E-state index in [0.717, 1.165) is 5.56 Å². The molecule has 138 valence electrons. The number of rotatable bonds is 6. The van der Waals surface area contributed by atoms with Crippen molar-refractivity contribution in [2.45, 2.75) is 6.92 Å². The van der Waals surface area contributed by atoms with Gasteiger partial charge in [-0.1, -0.05) is 23.2 Å². The van der Waals surface area contributed by atoms with E-state index in [1.807, 2.05) is 6.92 Å². The molecule has 0 heterocycles. The fraction of sp³-hybridized carbons (Fsp3) is 0.222. The molecular weight excluding hydrogens is 379 g/mol. The lowest BCUT2D eigenvalue weighted by Gasteiger charge is -2.14. The molecule has 0 aliphatic rings. The Balaban J connectivity index is 2.00. The predicted octanol–water partition coefficient (Wildman–Crippen LogP) is 3.69. The Morgan fingerprint density at radius 3 is 2.27 bits per heavy atom. The number of carbonyl (C=O) groups excluding carboxylic acids is 2. The molecule has 0 bridgehead atoms. The van der Waals surface area contributed by atoms with Crippen LogP contribution in [0, 0.1) is 6.92 Å². The molecule has 0 aromatic heterocycles. The molecule has 0 radical (unpaired) electrons. The summed E-state index contributed by atoms with van der Waals surface area (Å²) < 4.78 is 10.4. The third-order valence-electron chi connectivity index (χ3n) is 3.60. The zero-order valence-electron chi connectivity index (χ0n) is 14.5. The highest BCUT2D eigenvalue weighted by Gasteiger charge is 2.13. The molecule has 0 aliphatic heterocycles. The fourth-order valence-electron chi connectivity index (χ4n) is 2.21. The van der Waals surface area contributed by atoms with E-state index in [2.05, 4.69) is 10.6 Å². The minimum atomic E-state index is -0.428. The third-order valence-corrected chi connectivity index (χ3v) is 4.33. The summed E-state index contributed by atoms with van der Waals surface area (Å²) >= 11 is 11.7. The van der Waals surface area contributed by atoms with Gasteiger partial charge in [-0.05, 0) is 36.8 Å². The Labute approximate surface area is 161 Å². The van der Waals surface area contributed by atoms with E-state index in [-0.39, 0.29) is 17.5 Å². The Bertz CT molecular complexity index is 840.